The Labute approximate surface area is 191 Å². The van der Waals surface area contributed by atoms with Gasteiger partial charge in [-0.15, -0.1) is 0 Å². The van der Waals surface area contributed by atoms with E-state index >= 15 is 0 Å². The maximum Gasteiger partial charge on any atom is 0.240 e. The highest BCUT2D eigenvalue weighted by Crippen LogP contribution is 2.26. The second-order valence-electron chi connectivity index (χ2n) is 6.96. The predicted octanol–water partition coefficient (Wildman–Crippen LogP) is 3.56. The number of nitrogens with one attached hydrogen (secondary N) is 2. The topological polar surface area (TPSA) is 93.1 Å². The fraction of sp³-hybridized carbons (Fsp3) is 0.238. The number of rotatable bonds is 7. The Morgan fingerprint density at radius 3 is 2.35 bits per heavy atom. The summed E-state index contributed by atoms with van der Waals surface area (Å²) in [5.74, 6) is -0.160. The van der Waals surface area contributed by atoms with Gasteiger partial charge in [0.25, 0.3) is 0 Å². The van der Waals surface area contributed by atoms with Gasteiger partial charge in [0.1, 0.15) is 0 Å². The number of sulfonamides is 1. The zero-order valence-electron chi connectivity index (χ0n) is 17.2. The molecule has 0 spiro atoms. The Morgan fingerprint density at radius 1 is 1.06 bits per heavy atom. The summed E-state index contributed by atoms with van der Waals surface area (Å²) < 4.78 is 27.6. The van der Waals surface area contributed by atoms with E-state index in [0.29, 0.717) is 10.0 Å². The lowest BCUT2D eigenvalue weighted by Crippen LogP contribution is -2.25. The van der Waals surface area contributed by atoms with Gasteiger partial charge >= 0.3 is 0 Å². The van der Waals surface area contributed by atoms with Crippen molar-refractivity contribution in [3.05, 3.63) is 75.0 Å². The van der Waals surface area contributed by atoms with Gasteiger partial charge in [0.2, 0.25) is 15.9 Å². The lowest BCUT2D eigenvalue weighted by atomic mass is 10.1. The number of hydrogen-bond donors (Lipinski definition) is 2. The zero-order chi connectivity index (χ0) is 22.8. The van der Waals surface area contributed by atoms with Crippen LogP contribution in [-0.2, 0) is 27.8 Å². The Balaban J connectivity index is 1.68. The first-order valence-electron chi connectivity index (χ1n) is 9.42. The van der Waals surface area contributed by atoms with Crippen molar-refractivity contribution in [2.45, 2.75) is 31.7 Å². The summed E-state index contributed by atoms with van der Waals surface area (Å²) in [6, 6.07) is 11.6. The number of aromatic nitrogens is 2. The monoisotopic (exact) mass is 480 g/mol. The van der Waals surface area contributed by atoms with Crippen LogP contribution in [0.4, 0.5) is 0 Å². The van der Waals surface area contributed by atoms with Crippen LogP contribution in [0.2, 0.25) is 10.0 Å². The predicted molar refractivity (Wildman–Crippen MR) is 121 cm³/mol. The molecule has 31 heavy (non-hydrogen) atoms. The summed E-state index contributed by atoms with van der Waals surface area (Å²) in [5, 5.41) is 8.29. The molecule has 2 aromatic carbocycles. The van der Waals surface area contributed by atoms with E-state index < -0.39 is 10.0 Å². The molecule has 7 nitrogen and oxygen atoms in total. The number of amides is 1. The summed E-state index contributed by atoms with van der Waals surface area (Å²) in [4.78, 5) is 12.7. The molecule has 0 radical (unpaired) electrons. The Hall–Kier alpha value is -2.39. The summed E-state index contributed by atoms with van der Waals surface area (Å²) in [7, 11) is -2.13. The fourth-order valence-corrected chi connectivity index (χ4v) is 4.15. The molecule has 0 aliphatic heterocycles. The van der Waals surface area contributed by atoms with Crippen molar-refractivity contribution >= 4 is 39.1 Å². The SMILES string of the molecule is CNS(=O)(=O)c1ccc(CNC(=O)Cc2c(C)nn(-c3ccc(Cl)c(Cl)c3)c2C)cc1. The Kier molecular flexibility index (Phi) is 7.06. The molecule has 10 heteroatoms. The van der Waals surface area contributed by atoms with Crippen molar-refractivity contribution in [2.75, 3.05) is 7.05 Å². The van der Waals surface area contributed by atoms with Gasteiger partial charge in [0.05, 0.1) is 32.7 Å². The van der Waals surface area contributed by atoms with Crippen molar-refractivity contribution in [1.29, 1.82) is 0 Å². The van der Waals surface area contributed by atoms with Crippen LogP contribution in [0.1, 0.15) is 22.5 Å². The number of halogens is 2. The van der Waals surface area contributed by atoms with E-state index in [4.69, 9.17) is 23.2 Å². The quantitative estimate of drug-likeness (QED) is 0.540. The molecule has 0 aliphatic carbocycles. The molecule has 1 aromatic heterocycles. The molecule has 0 atom stereocenters. The minimum Gasteiger partial charge on any atom is -0.352 e. The van der Waals surface area contributed by atoms with Crippen LogP contribution in [0.15, 0.2) is 47.4 Å². The molecule has 3 rings (SSSR count). The molecule has 1 amide bonds. The zero-order valence-corrected chi connectivity index (χ0v) is 19.6. The Morgan fingerprint density at radius 2 is 1.74 bits per heavy atom. The van der Waals surface area contributed by atoms with Crippen molar-refractivity contribution in [3.8, 4) is 5.69 Å². The molecule has 0 aliphatic rings. The molecule has 0 saturated heterocycles. The van der Waals surface area contributed by atoms with E-state index in [0.717, 1.165) is 28.2 Å². The maximum absolute atomic E-state index is 12.5. The Bertz CT molecular complexity index is 1220. The van der Waals surface area contributed by atoms with E-state index in [2.05, 4.69) is 15.1 Å². The van der Waals surface area contributed by atoms with Gasteiger partial charge in [-0.25, -0.2) is 17.8 Å². The van der Waals surface area contributed by atoms with Crippen LogP contribution in [-0.4, -0.2) is 31.2 Å². The minimum absolute atomic E-state index is 0.160. The van der Waals surface area contributed by atoms with Gasteiger partial charge in [-0.2, -0.15) is 5.10 Å². The van der Waals surface area contributed by atoms with Gasteiger partial charge in [-0.3, -0.25) is 4.79 Å². The lowest BCUT2D eigenvalue weighted by Gasteiger charge is -2.08. The molecule has 3 aromatic rings. The van der Waals surface area contributed by atoms with Crippen molar-refractivity contribution in [3.63, 3.8) is 0 Å². The molecule has 2 N–H and O–H groups in total. The number of benzene rings is 2. The molecule has 0 fully saturated rings. The highest BCUT2D eigenvalue weighted by Gasteiger charge is 2.17. The number of nitrogens with zero attached hydrogens (tertiary/aromatic N) is 2. The first kappa shape index (κ1) is 23.3. The molecular formula is C21H22Cl2N4O3S. The number of aryl methyl sites for hydroxylation is 1. The third-order valence-electron chi connectivity index (χ3n) is 4.92. The molecule has 164 valence electrons. The highest BCUT2D eigenvalue weighted by molar-refractivity contribution is 7.89. The van der Waals surface area contributed by atoms with Crippen molar-refractivity contribution < 1.29 is 13.2 Å². The maximum atomic E-state index is 12.5. The van der Waals surface area contributed by atoms with Crippen LogP contribution in [0.25, 0.3) is 5.69 Å². The average molecular weight is 481 g/mol. The smallest absolute Gasteiger partial charge is 0.240 e. The minimum atomic E-state index is -3.48. The van der Waals surface area contributed by atoms with Crippen LogP contribution in [0.3, 0.4) is 0 Å². The number of hydrogen-bond acceptors (Lipinski definition) is 4. The van der Waals surface area contributed by atoms with E-state index in [1.165, 1.54) is 19.2 Å². The second-order valence-corrected chi connectivity index (χ2v) is 9.67. The highest BCUT2D eigenvalue weighted by atomic mass is 35.5. The van der Waals surface area contributed by atoms with Gasteiger partial charge < -0.3 is 5.32 Å². The molecular weight excluding hydrogens is 459 g/mol. The molecule has 0 unspecified atom stereocenters. The standard InChI is InChI=1S/C21H22Cl2N4O3S/c1-13-18(14(2)27(26-13)16-6-9-19(22)20(23)10-16)11-21(28)25-12-15-4-7-17(8-5-15)31(29,30)24-3/h4-10,24H,11-12H2,1-3H3,(H,25,28). The van der Waals surface area contributed by atoms with Gasteiger partial charge in [0, 0.05) is 17.8 Å². The van der Waals surface area contributed by atoms with Crippen LogP contribution in [0.5, 0.6) is 0 Å². The van der Waals surface area contributed by atoms with E-state index in [1.807, 2.05) is 19.9 Å². The van der Waals surface area contributed by atoms with Gasteiger partial charge in [0.15, 0.2) is 0 Å². The summed E-state index contributed by atoms with van der Waals surface area (Å²) in [6.45, 7) is 4.04. The molecule has 0 bridgehead atoms. The van der Waals surface area contributed by atoms with E-state index in [1.54, 1.807) is 28.9 Å². The largest absolute Gasteiger partial charge is 0.352 e. The van der Waals surface area contributed by atoms with Crippen LogP contribution >= 0.6 is 23.2 Å². The normalized spacial score (nSPS) is 11.5. The van der Waals surface area contributed by atoms with Crippen molar-refractivity contribution in [2.24, 2.45) is 0 Å². The van der Waals surface area contributed by atoms with E-state index in [-0.39, 0.29) is 23.8 Å². The second kappa shape index (κ2) is 9.40. The first-order chi connectivity index (χ1) is 14.6. The number of carbonyl (C=O) groups is 1. The third kappa shape index (κ3) is 5.27. The molecule has 0 saturated carbocycles. The lowest BCUT2D eigenvalue weighted by molar-refractivity contribution is -0.120. The van der Waals surface area contributed by atoms with Gasteiger partial charge in [-0.05, 0) is 56.8 Å². The number of carbonyl (C=O) groups excluding carboxylic acids is 1. The van der Waals surface area contributed by atoms with Crippen molar-refractivity contribution in [1.82, 2.24) is 19.8 Å². The first-order valence-corrected chi connectivity index (χ1v) is 11.7. The summed E-state index contributed by atoms with van der Waals surface area (Å²) >= 11 is 12.1. The third-order valence-corrected chi connectivity index (χ3v) is 7.09. The molecule has 1 heterocycles. The average Bonchev–Trinajstić information content (AvgIpc) is 3.02. The summed E-state index contributed by atoms with van der Waals surface area (Å²) in [5.41, 5.74) is 3.98. The van der Waals surface area contributed by atoms with Crippen LogP contribution < -0.4 is 10.0 Å². The van der Waals surface area contributed by atoms with E-state index in [9.17, 15) is 13.2 Å². The fourth-order valence-electron chi connectivity index (χ4n) is 3.13. The summed E-state index contributed by atoms with van der Waals surface area (Å²) in [6.07, 6.45) is 0.172. The van der Waals surface area contributed by atoms with Crippen LogP contribution in [0, 0.1) is 13.8 Å². The van der Waals surface area contributed by atoms with Gasteiger partial charge in [-0.1, -0.05) is 35.3 Å².